The van der Waals surface area contributed by atoms with Crippen LogP contribution in [0.25, 0.3) is 0 Å². The van der Waals surface area contributed by atoms with E-state index >= 15 is 0 Å². The molecule has 1 heterocycles. The van der Waals surface area contributed by atoms with Crippen LogP contribution in [0, 0.1) is 0 Å². The predicted octanol–water partition coefficient (Wildman–Crippen LogP) is 1.59. The average molecular weight is 159 g/mol. The number of nitrogens with zero attached hydrogens (tertiary/aromatic N) is 2. The molecule has 0 spiro atoms. The number of aryl methyl sites for hydroxylation is 1. The first-order chi connectivity index (χ1) is 4.70. The first-order valence-corrected chi connectivity index (χ1v) is 3.74. The minimum Gasteiger partial charge on any atom is -0.338 e. The second kappa shape index (κ2) is 3.06. The lowest BCUT2D eigenvalue weighted by Crippen LogP contribution is -2.03. The van der Waals surface area contributed by atoms with Crippen LogP contribution < -0.4 is 0 Å². The zero-order chi connectivity index (χ0) is 7.56. The van der Waals surface area contributed by atoms with Gasteiger partial charge in [0.1, 0.15) is 5.82 Å². The molecule has 0 N–H and O–H groups in total. The maximum atomic E-state index is 5.79. The molecule has 2 nitrogen and oxygen atoms in total. The molecule has 0 saturated heterocycles. The smallest absolute Gasteiger partial charge is 0.109 e. The fraction of sp³-hybridized carbons (Fsp3) is 0.571. The lowest BCUT2D eigenvalue weighted by atomic mass is 10.3. The van der Waals surface area contributed by atoms with Gasteiger partial charge in [0, 0.05) is 31.2 Å². The Morgan fingerprint density at radius 2 is 2.50 bits per heavy atom. The molecule has 0 aliphatic heterocycles. The van der Waals surface area contributed by atoms with Crippen molar-refractivity contribution in [1.29, 1.82) is 0 Å². The Bertz CT molecular complexity index is 205. The largest absolute Gasteiger partial charge is 0.338 e. The van der Waals surface area contributed by atoms with Gasteiger partial charge < -0.3 is 4.57 Å². The molecular weight excluding hydrogens is 148 g/mol. The molecule has 0 amide bonds. The number of halogens is 1. The lowest BCUT2D eigenvalue weighted by Gasteiger charge is -2.01. The molecule has 0 radical (unpaired) electrons. The van der Waals surface area contributed by atoms with Gasteiger partial charge in [-0.3, -0.25) is 0 Å². The van der Waals surface area contributed by atoms with E-state index in [1.54, 1.807) is 6.20 Å². The Morgan fingerprint density at radius 1 is 1.80 bits per heavy atom. The van der Waals surface area contributed by atoms with Gasteiger partial charge in [-0.25, -0.2) is 4.98 Å². The van der Waals surface area contributed by atoms with Crippen molar-refractivity contribution >= 4 is 11.6 Å². The fourth-order valence-corrected chi connectivity index (χ4v) is 0.983. The summed E-state index contributed by atoms with van der Waals surface area (Å²) >= 11 is 5.79. The molecule has 0 fully saturated rings. The van der Waals surface area contributed by atoms with Gasteiger partial charge in [-0.05, 0) is 6.92 Å². The SMILES string of the molecule is CC(Cl)Cc1nccn1C. The van der Waals surface area contributed by atoms with Crippen LogP contribution in [0.3, 0.4) is 0 Å². The van der Waals surface area contributed by atoms with E-state index in [0.29, 0.717) is 0 Å². The summed E-state index contributed by atoms with van der Waals surface area (Å²) in [7, 11) is 1.97. The molecule has 1 aromatic rings. The highest BCUT2D eigenvalue weighted by Gasteiger charge is 2.02. The van der Waals surface area contributed by atoms with Gasteiger partial charge in [-0.15, -0.1) is 11.6 Å². The first kappa shape index (κ1) is 7.61. The van der Waals surface area contributed by atoms with E-state index in [0.717, 1.165) is 12.2 Å². The van der Waals surface area contributed by atoms with Crippen LogP contribution in [0.1, 0.15) is 12.7 Å². The van der Waals surface area contributed by atoms with Gasteiger partial charge in [-0.2, -0.15) is 0 Å². The highest BCUT2D eigenvalue weighted by molar-refractivity contribution is 6.20. The van der Waals surface area contributed by atoms with Crippen molar-refractivity contribution in [3.8, 4) is 0 Å². The Morgan fingerprint density at radius 3 is 2.90 bits per heavy atom. The molecular formula is C7H11ClN2. The summed E-state index contributed by atoms with van der Waals surface area (Å²) in [4.78, 5) is 4.13. The van der Waals surface area contributed by atoms with E-state index in [1.165, 1.54) is 0 Å². The highest BCUT2D eigenvalue weighted by Crippen LogP contribution is 2.03. The van der Waals surface area contributed by atoms with Gasteiger partial charge >= 0.3 is 0 Å². The molecule has 1 aromatic heterocycles. The Labute approximate surface area is 65.8 Å². The van der Waals surface area contributed by atoms with Crippen LogP contribution in [0.15, 0.2) is 12.4 Å². The molecule has 1 atom stereocenters. The van der Waals surface area contributed by atoms with E-state index in [1.807, 2.05) is 24.7 Å². The third-order valence-electron chi connectivity index (χ3n) is 1.38. The maximum absolute atomic E-state index is 5.79. The van der Waals surface area contributed by atoms with Crippen molar-refractivity contribution < 1.29 is 0 Å². The fourth-order valence-electron chi connectivity index (χ4n) is 0.845. The van der Waals surface area contributed by atoms with Crippen molar-refractivity contribution in [2.75, 3.05) is 0 Å². The Kier molecular flexibility index (Phi) is 2.33. The molecule has 56 valence electrons. The number of aromatic nitrogens is 2. The van der Waals surface area contributed by atoms with E-state index in [2.05, 4.69) is 4.98 Å². The summed E-state index contributed by atoms with van der Waals surface area (Å²) in [6, 6.07) is 0. The predicted molar refractivity (Wildman–Crippen MR) is 42.2 cm³/mol. The van der Waals surface area contributed by atoms with Gasteiger partial charge in [-0.1, -0.05) is 0 Å². The number of hydrogen-bond donors (Lipinski definition) is 0. The topological polar surface area (TPSA) is 17.8 Å². The monoisotopic (exact) mass is 158 g/mol. The average Bonchev–Trinajstić information content (AvgIpc) is 2.15. The molecule has 1 unspecified atom stereocenters. The summed E-state index contributed by atoms with van der Waals surface area (Å²) in [5, 5.41) is 0.168. The van der Waals surface area contributed by atoms with Crippen molar-refractivity contribution in [2.45, 2.75) is 18.7 Å². The van der Waals surface area contributed by atoms with Gasteiger partial charge in [0.2, 0.25) is 0 Å². The normalized spacial score (nSPS) is 13.5. The van der Waals surface area contributed by atoms with Gasteiger partial charge in [0.15, 0.2) is 0 Å². The van der Waals surface area contributed by atoms with Crippen LogP contribution in [-0.4, -0.2) is 14.9 Å². The third-order valence-corrected chi connectivity index (χ3v) is 1.54. The number of alkyl halides is 1. The van der Waals surface area contributed by atoms with Crippen molar-refractivity contribution in [2.24, 2.45) is 7.05 Å². The second-order valence-electron chi connectivity index (χ2n) is 2.44. The summed E-state index contributed by atoms with van der Waals surface area (Å²) < 4.78 is 1.98. The van der Waals surface area contributed by atoms with Crippen molar-refractivity contribution in [3.05, 3.63) is 18.2 Å². The van der Waals surface area contributed by atoms with E-state index in [-0.39, 0.29) is 5.38 Å². The minimum absolute atomic E-state index is 0.168. The molecule has 0 saturated carbocycles. The number of rotatable bonds is 2. The van der Waals surface area contributed by atoms with Crippen LogP contribution in [-0.2, 0) is 13.5 Å². The molecule has 0 aliphatic rings. The lowest BCUT2D eigenvalue weighted by molar-refractivity contribution is 0.763. The molecule has 3 heteroatoms. The summed E-state index contributed by atoms with van der Waals surface area (Å²) in [6.45, 7) is 1.97. The quantitative estimate of drug-likeness (QED) is 0.598. The van der Waals surface area contributed by atoms with Crippen LogP contribution in [0.2, 0.25) is 0 Å². The van der Waals surface area contributed by atoms with Crippen molar-refractivity contribution in [1.82, 2.24) is 9.55 Å². The molecule has 0 aromatic carbocycles. The summed E-state index contributed by atoms with van der Waals surface area (Å²) in [5.41, 5.74) is 0. The van der Waals surface area contributed by atoms with Crippen LogP contribution in [0.5, 0.6) is 0 Å². The third kappa shape index (κ3) is 1.74. The zero-order valence-corrected chi connectivity index (χ0v) is 6.97. The van der Waals surface area contributed by atoms with Crippen LogP contribution >= 0.6 is 11.6 Å². The second-order valence-corrected chi connectivity index (χ2v) is 3.18. The zero-order valence-electron chi connectivity index (χ0n) is 6.21. The minimum atomic E-state index is 0.168. The van der Waals surface area contributed by atoms with Crippen molar-refractivity contribution in [3.63, 3.8) is 0 Å². The summed E-state index contributed by atoms with van der Waals surface area (Å²) in [6.07, 6.45) is 4.55. The molecule has 1 rings (SSSR count). The molecule has 10 heavy (non-hydrogen) atoms. The van der Waals surface area contributed by atoms with Gasteiger partial charge in [0.05, 0.1) is 0 Å². The van der Waals surface area contributed by atoms with E-state index in [9.17, 15) is 0 Å². The Balaban J connectivity index is 2.65. The summed E-state index contributed by atoms with van der Waals surface area (Å²) in [5.74, 6) is 1.04. The highest BCUT2D eigenvalue weighted by atomic mass is 35.5. The first-order valence-electron chi connectivity index (χ1n) is 3.30. The number of hydrogen-bond acceptors (Lipinski definition) is 1. The standard InChI is InChI=1S/C7H11ClN2/c1-6(8)5-7-9-3-4-10(7)2/h3-4,6H,5H2,1-2H3. The van der Waals surface area contributed by atoms with Crippen LogP contribution in [0.4, 0.5) is 0 Å². The molecule has 0 aliphatic carbocycles. The maximum Gasteiger partial charge on any atom is 0.109 e. The van der Waals surface area contributed by atoms with E-state index < -0.39 is 0 Å². The number of imidazole rings is 1. The van der Waals surface area contributed by atoms with Gasteiger partial charge in [0.25, 0.3) is 0 Å². The Hall–Kier alpha value is -0.500. The molecule has 0 bridgehead atoms. The van der Waals surface area contributed by atoms with E-state index in [4.69, 9.17) is 11.6 Å².